The van der Waals surface area contributed by atoms with Gasteiger partial charge in [-0.15, -0.1) is 0 Å². The first-order valence-corrected chi connectivity index (χ1v) is 12.0. The molecule has 0 spiro atoms. The predicted molar refractivity (Wildman–Crippen MR) is 137 cm³/mol. The van der Waals surface area contributed by atoms with Gasteiger partial charge in [-0.3, -0.25) is 19.2 Å². The average molecular weight is 499 g/mol. The van der Waals surface area contributed by atoms with Crippen LogP contribution in [-0.2, 0) is 9.59 Å². The van der Waals surface area contributed by atoms with Gasteiger partial charge in [-0.1, -0.05) is 13.8 Å². The van der Waals surface area contributed by atoms with E-state index in [-0.39, 0.29) is 59.2 Å². The van der Waals surface area contributed by atoms with Crippen LogP contribution in [0.3, 0.4) is 0 Å². The van der Waals surface area contributed by atoms with E-state index in [2.05, 4.69) is 10.6 Å². The highest BCUT2D eigenvalue weighted by molar-refractivity contribution is 6.00. The number of carbonyl (C=O) groups is 4. The summed E-state index contributed by atoms with van der Waals surface area (Å²) in [6, 6.07) is 9.44. The number of amides is 2. The van der Waals surface area contributed by atoms with Gasteiger partial charge < -0.3 is 25.2 Å². The molecule has 0 aliphatic heterocycles. The highest BCUT2D eigenvalue weighted by Crippen LogP contribution is 2.26. The predicted octanol–water partition coefficient (Wildman–Crippen LogP) is 4.39. The van der Waals surface area contributed by atoms with Crippen molar-refractivity contribution in [3.63, 3.8) is 0 Å². The van der Waals surface area contributed by atoms with Crippen molar-refractivity contribution in [2.24, 2.45) is 0 Å². The molecule has 0 heterocycles. The van der Waals surface area contributed by atoms with Crippen molar-refractivity contribution < 1.29 is 33.8 Å². The Kier molecular flexibility index (Phi) is 11.1. The van der Waals surface area contributed by atoms with Gasteiger partial charge in [-0.2, -0.15) is 0 Å². The molecule has 0 unspecified atom stereocenters. The van der Waals surface area contributed by atoms with Crippen molar-refractivity contribution in [2.45, 2.75) is 59.5 Å². The first-order chi connectivity index (χ1) is 17.1. The van der Waals surface area contributed by atoms with Gasteiger partial charge in [0.2, 0.25) is 11.8 Å². The zero-order valence-corrected chi connectivity index (χ0v) is 21.2. The summed E-state index contributed by atoms with van der Waals surface area (Å²) < 4.78 is 11.3. The molecule has 2 aromatic carbocycles. The Hall–Kier alpha value is -3.72. The number of aliphatic hydroxyl groups excluding tert-OH is 1. The SMILES string of the molecule is CCCC(=O)Nc1ccc(OCC(O)COc2ccc(NC(=O)CCC)cc2C(C)=O)c(C(C)=O)c1. The monoisotopic (exact) mass is 498 g/mol. The molecule has 0 aliphatic carbocycles. The minimum Gasteiger partial charge on any atom is -0.490 e. The molecule has 0 saturated heterocycles. The summed E-state index contributed by atoms with van der Waals surface area (Å²) in [5, 5.41) is 15.8. The summed E-state index contributed by atoms with van der Waals surface area (Å²) in [7, 11) is 0. The Morgan fingerprint density at radius 3 is 1.47 bits per heavy atom. The molecule has 3 N–H and O–H groups in total. The van der Waals surface area contributed by atoms with Gasteiger partial charge >= 0.3 is 0 Å². The van der Waals surface area contributed by atoms with Gasteiger partial charge in [0.05, 0.1) is 11.1 Å². The lowest BCUT2D eigenvalue weighted by Crippen LogP contribution is -2.26. The summed E-state index contributed by atoms with van der Waals surface area (Å²) in [5.74, 6) is -0.249. The standard InChI is InChI=1S/C27H34N2O7/c1-5-7-26(33)28-19-9-11-24(22(13-19)17(3)30)35-15-21(32)16-36-25-12-10-20(14-23(25)18(4)31)29-27(34)8-6-2/h9-14,21,32H,5-8,15-16H2,1-4H3,(H,28,33)(H,29,34). The van der Waals surface area contributed by atoms with Crippen molar-refractivity contribution >= 4 is 34.8 Å². The van der Waals surface area contributed by atoms with Crippen LogP contribution in [0.5, 0.6) is 11.5 Å². The Labute approximate surface area is 211 Å². The number of benzene rings is 2. The number of hydrogen-bond donors (Lipinski definition) is 3. The van der Waals surface area contributed by atoms with Gasteiger partial charge in [0, 0.05) is 24.2 Å². The fraction of sp³-hybridized carbons (Fsp3) is 0.407. The van der Waals surface area contributed by atoms with Crippen LogP contribution in [-0.4, -0.2) is 47.8 Å². The van der Waals surface area contributed by atoms with Gasteiger partial charge in [-0.05, 0) is 63.1 Å². The number of nitrogens with one attached hydrogen (secondary N) is 2. The Bertz CT molecular complexity index is 1010. The summed E-state index contributed by atoms with van der Waals surface area (Å²) in [6.07, 6.45) is 1.11. The third kappa shape index (κ3) is 8.81. The van der Waals surface area contributed by atoms with Crippen LogP contribution in [0.15, 0.2) is 36.4 Å². The second kappa shape index (κ2) is 14.0. The zero-order valence-electron chi connectivity index (χ0n) is 21.2. The lowest BCUT2D eigenvalue weighted by Gasteiger charge is -2.17. The summed E-state index contributed by atoms with van der Waals surface area (Å²) in [6.45, 7) is 6.24. The number of aliphatic hydroxyl groups is 1. The van der Waals surface area contributed by atoms with E-state index >= 15 is 0 Å². The maximum atomic E-state index is 12.1. The summed E-state index contributed by atoms with van der Waals surface area (Å²) in [5.41, 5.74) is 1.52. The molecule has 0 saturated carbocycles. The summed E-state index contributed by atoms with van der Waals surface area (Å²) >= 11 is 0. The first-order valence-electron chi connectivity index (χ1n) is 12.0. The van der Waals surface area contributed by atoms with E-state index < -0.39 is 6.10 Å². The van der Waals surface area contributed by atoms with Crippen LogP contribution in [0.1, 0.15) is 74.1 Å². The molecule has 9 heteroatoms. The average Bonchev–Trinajstić information content (AvgIpc) is 2.82. The molecule has 0 atom stereocenters. The van der Waals surface area contributed by atoms with E-state index in [0.29, 0.717) is 37.1 Å². The van der Waals surface area contributed by atoms with Crippen molar-refractivity contribution in [1.29, 1.82) is 0 Å². The van der Waals surface area contributed by atoms with Crippen LogP contribution in [0, 0.1) is 0 Å². The smallest absolute Gasteiger partial charge is 0.224 e. The molecular formula is C27H34N2O7. The van der Waals surface area contributed by atoms with Gasteiger partial charge in [0.1, 0.15) is 30.8 Å². The van der Waals surface area contributed by atoms with Crippen molar-refractivity contribution in [2.75, 3.05) is 23.8 Å². The molecule has 194 valence electrons. The molecule has 0 aromatic heterocycles. The van der Waals surface area contributed by atoms with E-state index in [0.717, 1.165) is 0 Å². The zero-order chi connectivity index (χ0) is 26.7. The minimum atomic E-state index is -1.06. The van der Waals surface area contributed by atoms with Crippen LogP contribution in [0.25, 0.3) is 0 Å². The lowest BCUT2D eigenvalue weighted by atomic mass is 10.1. The molecule has 0 aliphatic rings. The molecule has 0 radical (unpaired) electrons. The number of hydrogen-bond acceptors (Lipinski definition) is 7. The lowest BCUT2D eigenvalue weighted by molar-refractivity contribution is -0.117. The first kappa shape index (κ1) is 28.5. The van der Waals surface area contributed by atoms with Crippen molar-refractivity contribution in [1.82, 2.24) is 0 Å². The molecule has 2 rings (SSSR count). The molecular weight excluding hydrogens is 464 g/mol. The molecule has 0 bridgehead atoms. The van der Waals surface area contributed by atoms with Crippen LogP contribution in [0.4, 0.5) is 11.4 Å². The normalized spacial score (nSPS) is 10.6. The number of anilines is 2. The van der Waals surface area contributed by atoms with Crippen LogP contribution < -0.4 is 20.1 Å². The highest BCUT2D eigenvalue weighted by atomic mass is 16.5. The number of ketones is 2. The second-order valence-electron chi connectivity index (χ2n) is 8.41. The Morgan fingerprint density at radius 1 is 0.750 bits per heavy atom. The van der Waals surface area contributed by atoms with Gasteiger partial charge in [0.25, 0.3) is 0 Å². The maximum Gasteiger partial charge on any atom is 0.224 e. The number of carbonyl (C=O) groups excluding carboxylic acids is 4. The largest absolute Gasteiger partial charge is 0.490 e. The number of ether oxygens (including phenoxy) is 2. The number of rotatable bonds is 14. The third-order valence-corrected chi connectivity index (χ3v) is 5.10. The van der Waals surface area contributed by atoms with Crippen molar-refractivity contribution in [3.8, 4) is 11.5 Å². The van der Waals surface area contributed by atoms with Crippen molar-refractivity contribution in [3.05, 3.63) is 47.5 Å². The van der Waals surface area contributed by atoms with Gasteiger partial charge in [0.15, 0.2) is 11.6 Å². The maximum absolute atomic E-state index is 12.1. The molecule has 36 heavy (non-hydrogen) atoms. The molecule has 2 amide bonds. The quantitative estimate of drug-likeness (QED) is 0.329. The van der Waals surface area contributed by atoms with E-state index in [4.69, 9.17) is 9.47 Å². The fourth-order valence-corrected chi connectivity index (χ4v) is 3.34. The molecule has 9 nitrogen and oxygen atoms in total. The van der Waals surface area contributed by atoms with Crippen LogP contribution >= 0.6 is 0 Å². The fourth-order valence-electron chi connectivity index (χ4n) is 3.34. The Morgan fingerprint density at radius 2 is 1.14 bits per heavy atom. The van der Waals surface area contributed by atoms with E-state index in [1.54, 1.807) is 24.3 Å². The summed E-state index contributed by atoms with van der Waals surface area (Å²) in [4.78, 5) is 47.8. The second-order valence-corrected chi connectivity index (χ2v) is 8.41. The Balaban J connectivity index is 2.01. The molecule has 2 aromatic rings. The topological polar surface area (TPSA) is 131 Å². The minimum absolute atomic E-state index is 0.144. The van der Waals surface area contributed by atoms with E-state index in [1.165, 1.54) is 26.0 Å². The van der Waals surface area contributed by atoms with E-state index in [9.17, 15) is 24.3 Å². The van der Waals surface area contributed by atoms with Crippen LogP contribution in [0.2, 0.25) is 0 Å². The molecule has 0 fully saturated rings. The van der Waals surface area contributed by atoms with E-state index in [1.807, 2.05) is 13.8 Å². The highest BCUT2D eigenvalue weighted by Gasteiger charge is 2.16. The number of Topliss-reactive ketones (excluding diaryl/α,β-unsaturated/α-hetero) is 2. The third-order valence-electron chi connectivity index (χ3n) is 5.10. The van der Waals surface area contributed by atoms with Gasteiger partial charge in [-0.25, -0.2) is 0 Å².